The second-order valence-electron chi connectivity index (χ2n) is 6.19. The maximum Gasteiger partial charge on any atom is 0.0802 e. The van der Waals surface area contributed by atoms with E-state index in [1.807, 2.05) is 12.1 Å². The van der Waals surface area contributed by atoms with Crippen LogP contribution in [-0.2, 0) is 0 Å². The molecule has 0 bridgehead atoms. The summed E-state index contributed by atoms with van der Waals surface area (Å²) in [5.74, 6) is 0. The lowest BCUT2D eigenvalue weighted by Crippen LogP contribution is -2.49. The first-order valence-electron chi connectivity index (χ1n) is 7.77. The summed E-state index contributed by atoms with van der Waals surface area (Å²) in [6.45, 7) is 12.1. The number of rotatable bonds is 5. The van der Waals surface area contributed by atoms with Gasteiger partial charge in [-0.2, -0.15) is 0 Å². The summed E-state index contributed by atoms with van der Waals surface area (Å²) in [4.78, 5) is 4.99. The number of aryl methyl sites for hydroxylation is 1. The van der Waals surface area contributed by atoms with Crippen molar-refractivity contribution < 1.29 is 5.11 Å². The highest BCUT2D eigenvalue weighted by molar-refractivity contribution is 5.23. The molecule has 3 heteroatoms. The first-order chi connectivity index (χ1) is 9.56. The number of hydrogen-bond acceptors (Lipinski definition) is 3. The van der Waals surface area contributed by atoms with Gasteiger partial charge in [-0.1, -0.05) is 29.8 Å². The second-order valence-corrected chi connectivity index (χ2v) is 6.19. The molecule has 0 saturated carbocycles. The summed E-state index contributed by atoms with van der Waals surface area (Å²) in [7, 11) is 0. The van der Waals surface area contributed by atoms with Crippen LogP contribution in [0.15, 0.2) is 24.3 Å². The van der Waals surface area contributed by atoms with Crippen molar-refractivity contribution >= 4 is 0 Å². The van der Waals surface area contributed by atoms with Crippen molar-refractivity contribution in [2.45, 2.75) is 39.3 Å². The normalized spacial score (nSPS) is 19.4. The molecular formula is C17H28N2O. The van der Waals surface area contributed by atoms with Gasteiger partial charge >= 0.3 is 0 Å². The third kappa shape index (κ3) is 4.30. The Bertz CT molecular complexity index is 394. The van der Waals surface area contributed by atoms with E-state index in [1.54, 1.807) is 0 Å². The molecule has 1 aromatic rings. The molecule has 3 nitrogen and oxygen atoms in total. The molecule has 1 aliphatic heterocycles. The van der Waals surface area contributed by atoms with Gasteiger partial charge in [0, 0.05) is 38.8 Å². The Hall–Kier alpha value is -0.900. The number of aliphatic hydroxyl groups is 1. The van der Waals surface area contributed by atoms with E-state index in [0.717, 1.165) is 44.7 Å². The van der Waals surface area contributed by atoms with Crippen molar-refractivity contribution in [2.75, 3.05) is 32.7 Å². The average Bonchev–Trinajstić information content (AvgIpc) is 2.46. The molecule has 1 heterocycles. The van der Waals surface area contributed by atoms with E-state index in [2.05, 4.69) is 42.7 Å². The maximum atomic E-state index is 10.2. The van der Waals surface area contributed by atoms with Gasteiger partial charge < -0.3 is 10.0 Å². The zero-order valence-electron chi connectivity index (χ0n) is 13.0. The molecule has 112 valence electrons. The maximum absolute atomic E-state index is 10.2. The van der Waals surface area contributed by atoms with Gasteiger partial charge in [0.15, 0.2) is 0 Å². The molecule has 0 aromatic heterocycles. The van der Waals surface area contributed by atoms with Crippen LogP contribution in [0.25, 0.3) is 0 Å². The predicted octanol–water partition coefficient (Wildman–Crippen LogP) is 2.44. The Kier molecular flexibility index (Phi) is 5.58. The molecule has 1 saturated heterocycles. The predicted molar refractivity (Wildman–Crippen MR) is 83.9 cm³/mol. The smallest absolute Gasteiger partial charge is 0.0802 e. The van der Waals surface area contributed by atoms with Crippen molar-refractivity contribution in [3.8, 4) is 0 Å². The van der Waals surface area contributed by atoms with Gasteiger partial charge in [0.25, 0.3) is 0 Å². The summed E-state index contributed by atoms with van der Waals surface area (Å²) in [6, 6.07) is 8.86. The molecule has 20 heavy (non-hydrogen) atoms. The molecule has 1 N–H and O–H groups in total. The summed E-state index contributed by atoms with van der Waals surface area (Å²) in [5.41, 5.74) is 2.28. The highest BCUT2D eigenvalue weighted by atomic mass is 16.3. The quantitative estimate of drug-likeness (QED) is 0.895. The highest BCUT2D eigenvalue weighted by Crippen LogP contribution is 2.18. The van der Waals surface area contributed by atoms with Crippen molar-refractivity contribution in [3.63, 3.8) is 0 Å². The zero-order valence-corrected chi connectivity index (χ0v) is 13.0. The van der Waals surface area contributed by atoms with E-state index in [1.165, 1.54) is 5.56 Å². The van der Waals surface area contributed by atoms with Gasteiger partial charge in [0.1, 0.15) is 0 Å². The Morgan fingerprint density at radius 1 is 1.05 bits per heavy atom. The van der Waals surface area contributed by atoms with Gasteiger partial charge in [-0.25, -0.2) is 0 Å². The molecule has 0 aliphatic carbocycles. The topological polar surface area (TPSA) is 26.7 Å². The van der Waals surface area contributed by atoms with Crippen LogP contribution in [0.1, 0.15) is 37.5 Å². The van der Waals surface area contributed by atoms with Gasteiger partial charge in [-0.3, -0.25) is 4.90 Å². The second kappa shape index (κ2) is 7.21. The third-order valence-corrected chi connectivity index (χ3v) is 4.32. The average molecular weight is 276 g/mol. The van der Waals surface area contributed by atoms with Crippen molar-refractivity contribution in [3.05, 3.63) is 35.4 Å². The fourth-order valence-corrected chi connectivity index (χ4v) is 2.76. The number of aliphatic hydroxyl groups excluding tert-OH is 1. The Balaban J connectivity index is 1.74. The fourth-order valence-electron chi connectivity index (χ4n) is 2.76. The minimum atomic E-state index is -0.335. The van der Waals surface area contributed by atoms with E-state index in [4.69, 9.17) is 0 Å². The summed E-state index contributed by atoms with van der Waals surface area (Å²) >= 11 is 0. The van der Waals surface area contributed by atoms with Crippen LogP contribution in [0.4, 0.5) is 0 Å². The Morgan fingerprint density at radius 2 is 1.65 bits per heavy atom. The van der Waals surface area contributed by atoms with E-state index in [0.29, 0.717) is 6.04 Å². The summed E-state index contributed by atoms with van der Waals surface area (Å²) in [6.07, 6.45) is 0.490. The van der Waals surface area contributed by atoms with E-state index < -0.39 is 0 Å². The summed E-state index contributed by atoms with van der Waals surface area (Å²) < 4.78 is 0. The van der Waals surface area contributed by atoms with Gasteiger partial charge in [0.2, 0.25) is 0 Å². The largest absolute Gasteiger partial charge is 0.388 e. The highest BCUT2D eigenvalue weighted by Gasteiger charge is 2.19. The van der Waals surface area contributed by atoms with Gasteiger partial charge in [-0.05, 0) is 32.8 Å². The number of nitrogens with zero attached hydrogens (tertiary/aromatic N) is 2. The molecule has 1 aromatic carbocycles. The first-order valence-corrected chi connectivity index (χ1v) is 7.77. The molecule has 0 amide bonds. The Morgan fingerprint density at radius 3 is 2.20 bits per heavy atom. The fraction of sp³-hybridized carbons (Fsp3) is 0.647. The van der Waals surface area contributed by atoms with Crippen LogP contribution < -0.4 is 0 Å². The van der Waals surface area contributed by atoms with E-state index in [9.17, 15) is 5.11 Å². The van der Waals surface area contributed by atoms with Gasteiger partial charge in [-0.15, -0.1) is 0 Å². The molecule has 2 rings (SSSR count). The molecule has 1 atom stereocenters. The van der Waals surface area contributed by atoms with Crippen LogP contribution in [0.5, 0.6) is 0 Å². The van der Waals surface area contributed by atoms with E-state index >= 15 is 0 Å². The molecule has 1 fully saturated rings. The molecular weight excluding hydrogens is 248 g/mol. The number of piperazine rings is 1. The van der Waals surface area contributed by atoms with Crippen molar-refractivity contribution in [1.29, 1.82) is 0 Å². The van der Waals surface area contributed by atoms with Crippen molar-refractivity contribution in [2.24, 2.45) is 0 Å². The molecule has 1 aliphatic rings. The van der Waals surface area contributed by atoms with Gasteiger partial charge in [0.05, 0.1) is 6.10 Å². The molecule has 0 radical (unpaired) electrons. The monoisotopic (exact) mass is 276 g/mol. The number of benzene rings is 1. The minimum Gasteiger partial charge on any atom is -0.388 e. The SMILES string of the molecule is Cc1ccc(C(O)CCN2CCN(C(C)C)CC2)cc1. The minimum absolute atomic E-state index is 0.335. The lowest BCUT2D eigenvalue weighted by molar-refractivity contribution is 0.0882. The van der Waals surface area contributed by atoms with Crippen LogP contribution >= 0.6 is 0 Å². The lowest BCUT2D eigenvalue weighted by atomic mass is 10.0. The van der Waals surface area contributed by atoms with Crippen LogP contribution in [0, 0.1) is 6.92 Å². The number of hydrogen-bond donors (Lipinski definition) is 1. The molecule has 0 spiro atoms. The summed E-state index contributed by atoms with van der Waals surface area (Å²) in [5, 5.41) is 10.2. The van der Waals surface area contributed by atoms with Crippen LogP contribution in [0.2, 0.25) is 0 Å². The molecule has 1 unspecified atom stereocenters. The van der Waals surface area contributed by atoms with Crippen LogP contribution in [-0.4, -0.2) is 53.7 Å². The van der Waals surface area contributed by atoms with E-state index in [-0.39, 0.29) is 6.10 Å². The first kappa shape index (κ1) is 15.5. The lowest BCUT2D eigenvalue weighted by Gasteiger charge is -2.37. The Labute approximate surface area is 123 Å². The zero-order chi connectivity index (χ0) is 14.5. The third-order valence-electron chi connectivity index (χ3n) is 4.32. The van der Waals surface area contributed by atoms with Crippen LogP contribution in [0.3, 0.4) is 0 Å². The standard InChI is InChI=1S/C17H28N2O/c1-14(2)19-12-10-18(11-13-19)9-8-17(20)16-6-4-15(3)5-7-16/h4-7,14,17,20H,8-13H2,1-3H3. The van der Waals surface area contributed by atoms with Crippen molar-refractivity contribution in [1.82, 2.24) is 9.80 Å².